The van der Waals surface area contributed by atoms with Gasteiger partial charge in [0.15, 0.2) is 5.15 Å². The molecule has 4 aromatic rings. The summed E-state index contributed by atoms with van der Waals surface area (Å²) in [5, 5.41) is 19.9. The van der Waals surface area contributed by atoms with Crippen molar-refractivity contribution >= 4 is 46.1 Å². The fraction of sp³-hybridized carbons (Fsp3) is 0. The predicted octanol–water partition coefficient (Wildman–Crippen LogP) is 4.53. The molecule has 0 saturated heterocycles. The van der Waals surface area contributed by atoms with E-state index in [4.69, 9.17) is 11.6 Å². The molecule has 24 heavy (non-hydrogen) atoms. The molecule has 0 N–H and O–H groups in total. The van der Waals surface area contributed by atoms with Crippen LogP contribution in [-0.4, -0.2) is 19.5 Å². The molecule has 2 aromatic heterocycles. The van der Waals surface area contributed by atoms with Gasteiger partial charge in [0, 0.05) is 23.1 Å². The number of benzene rings is 2. The fourth-order valence-corrected chi connectivity index (χ4v) is 3.04. The third-order valence-electron chi connectivity index (χ3n) is 3.77. The molecule has 0 saturated carbocycles. The summed E-state index contributed by atoms with van der Waals surface area (Å²) >= 11 is 6.26. The van der Waals surface area contributed by atoms with Gasteiger partial charge in [-0.3, -0.25) is 14.5 Å². The van der Waals surface area contributed by atoms with Gasteiger partial charge in [0.1, 0.15) is 6.33 Å². The Balaban J connectivity index is 0.00000169. The smallest absolute Gasteiger partial charge is 0.270 e. The van der Waals surface area contributed by atoms with E-state index in [1.165, 1.54) is 6.07 Å². The van der Waals surface area contributed by atoms with Gasteiger partial charge in [-0.2, -0.15) is 0 Å². The topological polar surface area (TPSA) is 73.3 Å². The third-order valence-corrected chi connectivity index (χ3v) is 4.02. The van der Waals surface area contributed by atoms with Gasteiger partial charge in [0.2, 0.25) is 0 Å². The lowest BCUT2D eigenvalue weighted by molar-refractivity contribution is -0.384. The van der Waals surface area contributed by atoms with Crippen molar-refractivity contribution in [3.63, 3.8) is 0 Å². The molecule has 120 valence electrons. The molecule has 8 heteroatoms. The fourth-order valence-electron chi connectivity index (χ4n) is 2.81. The van der Waals surface area contributed by atoms with Crippen LogP contribution in [0.5, 0.6) is 0 Å². The van der Waals surface area contributed by atoms with Crippen molar-refractivity contribution in [2.45, 2.75) is 0 Å². The van der Waals surface area contributed by atoms with E-state index < -0.39 is 4.92 Å². The van der Waals surface area contributed by atoms with E-state index >= 15 is 0 Å². The molecule has 2 aromatic carbocycles. The molecule has 0 aliphatic rings. The first-order valence-electron chi connectivity index (χ1n) is 6.81. The first-order chi connectivity index (χ1) is 11.2. The van der Waals surface area contributed by atoms with Crippen LogP contribution in [-0.2, 0) is 0 Å². The van der Waals surface area contributed by atoms with E-state index in [0.29, 0.717) is 5.52 Å². The summed E-state index contributed by atoms with van der Waals surface area (Å²) in [6.07, 6.45) is 1.56. The molecular formula is C16H10Cl2N4O2. The minimum absolute atomic E-state index is 0. The predicted molar refractivity (Wildman–Crippen MR) is 94.8 cm³/mol. The summed E-state index contributed by atoms with van der Waals surface area (Å²) in [6.45, 7) is 0. The number of nitrogens with zero attached hydrogens (tertiary/aromatic N) is 4. The summed E-state index contributed by atoms with van der Waals surface area (Å²) in [5.74, 6) is 0. The summed E-state index contributed by atoms with van der Waals surface area (Å²) < 4.78 is 1.80. The number of nitro groups is 1. The molecule has 0 spiro atoms. The number of non-ortho nitro benzene ring substituents is 1. The first kappa shape index (κ1) is 16.2. The Labute approximate surface area is 147 Å². The zero-order valence-electron chi connectivity index (χ0n) is 12.1. The molecule has 4 rings (SSSR count). The van der Waals surface area contributed by atoms with Gasteiger partial charge in [-0.05, 0) is 11.6 Å². The SMILES string of the molecule is Cl.O=[N+]([O-])c1ccc2c(c1)c(-c1ccccc1)c1c(Cl)nncn12. The molecule has 2 heterocycles. The second-order valence-corrected chi connectivity index (χ2v) is 5.40. The van der Waals surface area contributed by atoms with Crippen LogP contribution in [0.4, 0.5) is 5.69 Å². The van der Waals surface area contributed by atoms with Crippen molar-refractivity contribution in [3.05, 3.63) is 70.1 Å². The van der Waals surface area contributed by atoms with Crippen LogP contribution in [0.25, 0.3) is 27.5 Å². The highest BCUT2D eigenvalue weighted by Gasteiger charge is 2.19. The van der Waals surface area contributed by atoms with Crippen LogP contribution >= 0.6 is 24.0 Å². The maximum absolute atomic E-state index is 11.1. The second kappa shape index (κ2) is 6.07. The lowest BCUT2D eigenvalue weighted by Gasteiger charge is -2.02. The first-order valence-corrected chi connectivity index (χ1v) is 7.19. The van der Waals surface area contributed by atoms with E-state index in [1.54, 1.807) is 22.9 Å². The molecular weight excluding hydrogens is 351 g/mol. The van der Waals surface area contributed by atoms with E-state index in [2.05, 4.69) is 10.2 Å². The molecule has 0 bridgehead atoms. The minimum atomic E-state index is -0.408. The van der Waals surface area contributed by atoms with Crippen molar-refractivity contribution in [1.29, 1.82) is 0 Å². The number of fused-ring (bicyclic) bond motifs is 3. The van der Waals surface area contributed by atoms with E-state index in [-0.39, 0.29) is 23.2 Å². The normalized spacial score (nSPS) is 10.7. The molecule has 0 aliphatic heterocycles. The Morgan fingerprint density at radius 3 is 2.58 bits per heavy atom. The standard InChI is InChI=1S/C16H9ClN4O2.ClH/c17-16-15-14(10-4-2-1-3-5-10)12-8-11(21(22)23)6-7-13(12)20(15)9-18-19-16;/h1-9H;1H. The highest BCUT2D eigenvalue weighted by atomic mass is 35.5. The lowest BCUT2D eigenvalue weighted by Crippen LogP contribution is -1.91. The summed E-state index contributed by atoms with van der Waals surface area (Å²) in [4.78, 5) is 10.7. The van der Waals surface area contributed by atoms with Gasteiger partial charge in [-0.15, -0.1) is 22.6 Å². The monoisotopic (exact) mass is 360 g/mol. The van der Waals surface area contributed by atoms with Crippen LogP contribution in [0, 0.1) is 10.1 Å². The molecule has 0 amide bonds. The van der Waals surface area contributed by atoms with Gasteiger partial charge in [-0.25, -0.2) is 0 Å². The van der Waals surface area contributed by atoms with Crippen LogP contribution in [0.1, 0.15) is 0 Å². The van der Waals surface area contributed by atoms with Crippen LogP contribution < -0.4 is 0 Å². The summed E-state index contributed by atoms with van der Waals surface area (Å²) in [5.41, 5.74) is 3.23. The maximum Gasteiger partial charge on any atom is 0.270 e. The Bertz CT molecular complexity index is 1060. The van der Waals surface area contributed by atoms with Crippen molar-refractivity contribution in [1.82, 2.24) is 14.6 Å². The van der Waals surface area contributed by atoms with Gasteiger partial charge in [0.05, 0.1) is 16.0 Å². The van der Waals surface area contributed by atoms with Gasteiger partial charge in [-0.1, -0.05) is 41.9 Å². The van der Waals surface area contributed by atoms with Crippen molar-refractivity contribution < 1.29 is 4.92 Å². The third kappa shape index (κ3) is 2.36. The molecule has 0 atom stereocenters. The number of rotatable bonds is 2. The van der Waals surface area contributed by atoms with Crippen LogP contribution in [0.3, 0.4) is 0 Å². The Morgan fingerprint density at radius 2 is 1.88 bits per heavy atom. The van der Waals surface area contributed by atoms with Crippen molar-refractivity contribution in [3.8, 4) is 11.1 Å². The number of aromatic nitrogens is 3. The van der Waals surface area contributed by atoms with Gasteiger partial charge >= 0.3 is 0 Å². The number of nitro benzene ring substituents is 1. The highest BCUT2D eigenvalue weighted by molar-refractivity contribution is 6.34. The average molecular weight is 361 g/mol. The van der Waals surface area contributed by atoms with Crippen LogP contribution in [0.15, 0.2) is 54.9 Å². The quantitative estimate of drug-likeness (QED) is 0.388. The maximum atomic E-state index is 11.1. The van der Waals surface area contributed by atoms with Crippen molar-refractivity contribution in [2.75, 3.05) is 0 Å². The van der Waals surface area contributed by atoms with Gasteiger partial charge < -0.3 is 0 Å². The number of hydrogen-bond donors (Lipinski definition) is 0. The Hall–Kier alpha value is -2.70. The zero-order chi connectivity index (χ0) is 16.0. The second-order valence-electron chi connectivity index (χ2n) is 5.04. The van der Waals surface area contributed by atoms with E-state index in [1.807, 2.05) is 30.3 Å². The summed E-state index contributed by atoms with van der Waals surface area (Å²) in [7, 11) is 0. The summed E-state index contributed by atoms with van der Waals surface area (Å²) in [6, 6.07) is 14.3. The molecule has 0 aliphatic carbocycles. The van der Waals surface area contributed by atoms with E-state index in [9.17, 15) is 10.1 Å². The molecule has 0 radical (unpaired) electrons. The molecule has 6 nitrogen and oxygen atoms in total. The number of halogens is 2. The molecule has 0 fully saturated rings. The minimum Gasteiger partial charge on any atom is -0.295 e. The largest absolute Gasteiger partial charge is 0.295 e. The Kier molecular flexibility index (Phi) is 4.09. The van der Waals surface area contributed by atoms with Crippen molar-refractivity contribution in [2.24, 2.45) is 0 Å². The lowest BCUT2D eigenvalue weighted by atomic mass is 10.0. The van der Waals surface area contributed by atoms with E-state index in [0.717, 1.165) is 22.0 Å². The highest BCUT2D eigenvalue weighted by Crippen LogP contribution is 2.38. The van der Waals surface area contributed by atoms with Gasteiger partial charge in [0.25, 0.3) is 5.69 Å². The average Bonchev–Trinajstić information content (AvgIpc) is 2.91. The zero-order valence-corrected chi connectivity index (χ0v) is 13.7. The Morgan fingerprint density at radius 1 is 1.12 bits per heavy atom. The van der Waals surface area contributed by atoms with Crippen LogP contribution in [0.2, 0.25) is 5.15 Å². The molecule has 0 unspecified atom stereocenters. The number of hydrogen-bond acceptors (Lipinski definition) is 4.